The summed E-state index contributed by atoms with van der Waals surface area (Å²) in [5.74, 6) is 1.99. The van der Waals surface area contributed by atoms with Crippen LogP contribution in [-0.2, 0) is 0 Å². The number of nitrogens with one attached hydrogen (secondary N) is 1. The maximum Gasteiger partial charge on any atom is 0.162 e. The van der Waals surface area contributed by atoms with E-state index < -0.39 is 0 Å². The highest BCUT2D eigenvalue weighted by atomic mass is 35.5. The minimum atomic E-state index is 0.491. The molecule has 4 rings (SSSR count). The number of anilines is 1. The topological polar surface area (TPSA) is 66.5 Å². The van der Waals surface area contributed by atoms with Crippen LogP contribution < -0.4 is 14.5 Å². The van der Waals surface area contributed by atoms with E-state index in [0.717, 1.165) is 43.1 Å². The van der Waals surface area contributed by atoms with Crippen LogP contribution in [0.4, 0.5) is 5.82 Å². The molecule has 7 heteroatoms. The fraction of sp³-hybridized carbons (Fsp3) is 0.261. The molecule has 152 valence electrons. The van der Waals surface area contributed by atoms with E-state index in [0.29, 0.717) is 27.9 Å². The second-order valence-corrected chi connectivity index (χ2v) is 7.83. The van der Waals surface area contributed by atoms with Gasteiger partial charge in [-0.1, -0.05) is 23.7 Å². The molecule has 0 bridgehead atoms. The van der Waals surface area contributed by atoms with Gasteiger partial charge in [-0.3, -0.25) is 0 Å². The van der Waals surface area contributed by atoms with Gasteiger partial charge in [-0.2, -0.15) is 5.26 Å². The average Bonchev–Trinajstić information content (AvgIpc) is 2.79. The van der Waals surface area contributed by atoms with Crippen molar-refractivity contribution >= 4 is 17.4 Å². The second-order valence-electron chi connectivity index (χ2n) is 7.39. The number of benzene rings is 2. The van der Waals surface area contributed by atoms with Crippen molar-refractivity contribution in [1.29, 1.82) is 5.26 Å². The number of ether oxygens (including phenoxy) is 1. The maximum absolute atomic E-state index is 10.0. The highest BCUT2D eigenvalue weighted by Crippen LogP contribution is 2.32. The summed E-state index contributed by atoms with van der Waals surface area (Å²) in [5.41, 5.74) is 2.78. The van der Waals surface area contributed by atoms with Gasteiger partial charge in [0.1, 0.15) is 17.4 Å². The molecule has 1 fully saturated rings. The first-order chi connectivity index (χ1) is 14.6. The second kappa shape index (κ2) is 8.70. The third kappa shape index (κ3) is 4.09. The maximum atomic E-state index is 10.0. The number of piperazine rings is 1. The fourth-order valence-electron chi connectivity index (χ4n) is 3.60. The molecule has 6 nitrogen and oxygen atoms in total. The summed E-state index contributed by atoms with van der Waals surface area (Å²) in [5, 5.41) is 10.7. The lowest BCUT2D eigenvalue weighted by molar-refractivity contribution is -0.880. The van der Waals surface area contributed by atoms with Crippen molar-refractivity contribution in [3.63, 3.8) is 0 Å². The molecule has 2 heterocycles. The molecule has 2 aromatic carbocycles. The van der Waals surface area contributed by atoms with Crippen molar-refractivity contribution < 1.29 is 9.64 Å². The Bertz CT molecular complexity index is 1090. The molecule has 0 aliphatic carbocycles. The summed E-state index contributed by atoms with van der Waals surface area (Å²) in [6.07, 6.45) is 0. The predicted octanol–water partition coefficient (Wildman–Crippen LogP) is 2.68. The van der Waals surface area contributed by atoms with Gasteiger partial charge in [-0.25, -0.2) is 9.97 Å². The van der Waals surface area contributed by atoms with E-state index >= 15 is 0 Å². The fourth-order valence-corrected chi connectivity index (χ4v) is 3.79. The van der Waals surface area contributed by atoms with Gasteiger partial charge in [-0.05, 0) is 36.4 Å². The third-order valence-electron chi connectivity index (χ3n) is 5.36. The van der Waals surface area contributed by atoms with Crippen molar-refractivity contribution in [1.82, 2.24) is 9.97 Å². The van der Waals surface area contributed by atoms with Crippen LogP contribution in [0.2, 0.25) is 5.02 Å². The van der Waals surface area contributed by atoms with E-state index in [1.807, 2.05) is 48.5 Å². The number of quaternary nitrogens is 1. The van der Waals surface area contributed by atoms with Gasteiger partial charge in [0.2, 0.25) is 0 Å². The zero-order valence-corrected chi connectivity index (χ0v) is 17.8. The number of aromatic nitrogens is 2. The molecule has 1 aromatic heterocycles. The van der Waals surface area contributed by atoms with E-state index in [-0.39, 0.29) is 0 Å². The van der Waals surface area contributed by atoms with Gasteiger partial charge in [0, 0.05) is 16.1 Å². The van der Waals surface area contributed by atoms with Crippen LogP contribution in [0, 0.1) is 11.3 Å². The number of nitriles is 1. The number of likely N-dealkylation sites (N-methyl/N-ethyl adjacent to an activating group) is 1. The molecule has 0 atom stereocenters. The minimum absolute atomic E-state index is 0.491. The standard InChI is InChI=1S/C23H22ClN5O/c1-28-10-12-29(13-11-28)23-20(15-25)21(16-6-8-19(30-2)9-7-16)26-22(27-23)17-4-3-5-18(24)14-17/h3-9,14H,10-13H2,1-2H3/p+1. The quantitative estimate of drug-likeness (QED) is 0.703. The van der Waals surface area contributed by atoms with Crippen LogP contribution in [0.15, 0.2) is 48.5 Å². The number of methoxy groups -OCH3 is 1. The van der Waals surface area contributed by atoms with Crippen LogP contribution in [0.5, 0.6) is 5.75 Å². The molecule has 1 aliphatic rings. The molecule has 0 unspecified atom stereocenters. The first-order valence-electron chi connectivity index (χ1n) is 9.88. The first-order valence-corrected chi connectivity index (χ1v) is 10.3. The minimum Gasteiger partial charge on any atom is -0.497 e. The highest BCUT2D eigenvalue weighted by Gasteiger charge is 2.25. The lowest BCUT2D eigenvalue weighted by Gasteiger charge is -2.31. The SMILES string of the molecule is COc1ccc(-c2nc(-c3cccc(Cl)c3)nc(N3CC[NH+](C)CC3)c2C#N)cc1. The van der Waals surface area contributed by atoms with E-state index in [2.05, 4.69) is 18.0 Å². The number of halogens is 1. The number of hydrogen-bond donors (Lipinski definition) is 1. The Labute approximate surface area is 181 Å². The van der Waals surface area contributed by atoms with E-state index in [1.54, 1.807) is 7.11 Å². The molecule has 3 aromatic rings. The summed E-state index contributed by atoms with van der Waals surface area (Å²) >= 11 is 6.21. The smallest absolute Gasteiger partial charge is 0.162 e. The van der Waals surface area contributed by atoms with Gasteiger partial charge in [-0.15, -0.1) is 0 Å². The van der Waals surface area contributed by atoms with E-state index in [4.69, 9.17) is 26.3 Å². The molecule has 1 saturated heterocycles. The van der Waals surface area contributed by atoms with Crippen molar-refractivity contribution in [2.24, 2.45) is 0 Å². The monoisotopic (exact) mass is 420 g/mol. The highest BCUT2D eigenvalue weighted by molar-refractivity contribution is 6.30. The molecule has 30 heavy (non-hydrogen) atoms. The van der Waals surface area contributed by atoms with E-state index in [9.17, 15) is 5.26 Å². The number of hydrogen-bond acceptors (Lipinski definition) is 5. The lowest BCUT2D eigenvalue weighted by Crippen LogP contribution is -3.12. The van der Waals surface area contributed by atoms with Crippen LogP contribution >= 0.6 is 11.6 Å². The summed E-state index contributed by atoms with van der Waals surface area (Å²) in [6, 6.07) is 17.4. The van der Waals surface area contributed by atoms with Crippen molar-refractivity contribution in [2.45, 2.75) is 0 Å². The lowest BCUT2D eigenvalue weighted by atomic mass is 10.1. The molecule has 1 aliphatic heterocycles. The molecule has 0 amide bonds. The molecular weight excluding hydrogens is 398 g/mol. The molecule has 0 spiro atoms. The van der Waals surface area contributed by atoms with Gasteiger partial charge in [0.05, 0.1) is 46.0 Å². The predicted molar refractivity (Wildman–Crippen MR) is 118 cm³/mol. The summed E-state index contributed by atoms with van der Waals surface area (Å²) in [4.78, 5) is 13.3. The zero-order valence-electron chi connectivity index (χ0n) is 17.0. The molecule has 0 saturated carbocycles. The summed E-state index contributed by atoms with van der Waals surface area (Å²) in [6.45, 7) is 3.68. The van der Waals surface area contributed by atoms with Crippen molar-refractivity contribution in [2.75, 3.05) is 45.2 Å². The number of nitrogens with zero attached hydrogens (tertiary/aromatic N) is 4. The number of rotatable bonds is 4. The summed E-state index contributed by atoms with van der Waals surface area (Å²) in [7, 11) is 3.81. The van der Waals surface area contributed by atoms with Crippen LogP contribution in [-0.4, -0.2) is 50.3 Å². The first kappa shape index (κ1) is 20.1. The Kier molecular flexibility index (Phi) is 5.84. The summed E-state index contributed by atoms with van der Waals surface area (Å²) < 4.78 is 5.27. The Morgan fingerprint density at radius 1 is 1.07 bits per heavy atom. The van der Waals surface area contributed by atoms with Crippen LogP contribution in [0.3, 0.4) is 0 Å². The Balaban J connectivity index is 1.89. The normalized spacial score (nSPS) is 14.4. The zero-order chi connectivity index (χ0) is 21.1. The van der Waals surface area contributed by atoms with Crippen LogP contribution in [0.25, 0.3) is 22.6 Å². The van der Waals surface area contributed by atoms with Crippen LogP contribution in [0.1, 0.15) is 5.56 Å². The Hall–Kier alpha value is -3.14. The van der Waals surface area contributed by atoms with Gasteiger partial charge < -0.3 is 14.5 Å². The average molecular weight is 421 g/mol. The Morgan fingerprint density at radius 2 is 1.80 bits per heavy atom. The van der Waals surface area contributed by atoms with Gasteiger partial charge in [0.25, 0.3) is 0 Å². The molecule has 0 radical (unpaired) electrons. The van der Waals surface area contributed by atoms with Gasteiger partial charge in [0.15, 0.2) is 11.6 Å². The van der Waals surface area contributed by atoms with Gasteiger partial charge >= 0.3 is 0 Å². The molecular formula is C23H23ClN5O+. The third-order valence-corrected chi connectivity index (χ3v) is 5.60. The van der Waals surface area contributed by atoms with Crippen molar-refractivity contribution in [3.8, 4) is 34.5 Å². The van der Waals surface area contributed by atoms with E-state index in [1.165, 1.54) is 4.90 Å². The Morgan fingerprint density at radius 3 is 2.43 bits per heavy atom. The molecule has 1 N–H and O–H groups in total. The largest absolute Gasteiger partial charge is 0.497 e. The van der Waals surface area contributed by atoms with Crippen molar-refractivity contribution in [3.05, 3.63) is 59.1 Å².